The molecule has 1 aromatic carbocycles. The van der Waals surface area contributed by atoms with E-state index in [1.807, 2.05) is 44.2 Å². The molecule has 0 aliphatic heterocycles. The van der Waals surface area contributed by atoms with Crippen molar-refractivity contribution in [2.75, 3.05) is 0 Å². The van der Waals surface area contributed by atoms with Crippen LogP contribution in [-0.4, -0.2) is 21.7 Å². The van der Waals surface area contributed by atoms with Gasteiger partial charge >= 0.3 is 0 Å². The number of hydrogen-bond donors (Lipinski definition) is 1. The minimum Gasteiger partial charge on any atom is -0.354 e. The maximum absolute atomic E-state index is 11.9. The maximum Gasteiger partial charge on any atom is 0.266 e. The molecule has 0 saturated heterocycles. The number of nitrogens with zero attached hydrogens (tertiary/aromatic N) is 2. The van der Waals surface area contributed by atoms with Crippen LogP contribution in [0.3, 0.4) is 0 Å². The molecule has 0 fully saturated rings. The van der Waals surface area contributed by atoms with Gasteiger partial charge in [-0.2, -0.15) is 5.10 Å². The fourth-order valence-corrected chi connectivity index (χ4v) is 2.16. The summed E-state index contributed by atoms with van der Waals surface area (Å²) in [7, 11) is 0. The van der Waals surface area contributed by atoms with Crippen LogP contribution in [0, 0.1) is 0 Å². The van der Waals surface area contributed by atoms with E-state index in [4.69, 9.17) is 0 Å². The first-order chi connectivity index (χ1) is 10.6. The summed E-state index contributed by atoms with van der Waals surface area (Å²) in [6.45, 7) is 4.28. The highest BCUT2D eigenvalue weighted by molar-refractivity contribution is 5.76. The summed E-state index contributed by atoms with van der Waals surface area (Å²) in [6.07, 6.45) is 0.978. The molecule has 2 rings (SSSR count). The van der Waals surface area contributed by atoms with Gasteiger partial charge in [0.15, 0.2) is 0 Å². The Balaban J connectivity index is 2.02. The van der Waals surface area contributed by atoms with Crippen molar-refractivity contribution in [3.63, 3.8) is 0 Å². The fourth-order valence-electron chi connectivity index (χ4n) is 2.16. The van der Waals surface area contributed by atoms with E-state index in [2.05, 4.69) is 10.4 Å². The van der Waals surface area contributed by atoms with Gasteiger partial charge in [0.1, 0.15) is 0 Å². The molecule has 0 aliphatic carbocycles. The van der Waals surface area contributed by atoms with Crippen LogP contribution in [0.15, 0.2) is 47.3 Å². The Labute approximate surface area is 130 Å². The van der Waals surface area contributed by atoms with Gasteiger partial charge in [0.25, 0.3) is 5.56 Å². The number of benzene rings is 1. The fraction of sp³-hybridized carbons (Fsp3) is 0.353. The molecule has 2 aromatic rings. The smallest absolute Gasteiger partial charge is 0.266 e. The van der Waals surface area contributed by atoms with Crippen LogP contribution >= 0.6 is 0 Å². The van der Waals surface area contributed by atoms with Crippen LogP contribution in [0.4, 0.5) is 0 Å². The van der Waals surface area contributed by atoms with E-state index in [-0.39, 0.29) is 17.5 Å². The van der Waals surface area contributed by atoms with E-state index in [1.54, 1.807) is 6.07 Å². The third-order valence-electron chi connectivity index (χ3n) is 3.16. The average molecular weight is 299 g/mol. The number of hydrogen-bond acceptors (Lipinski definition) is 3. The topological polar surface area (TPSA) is 64.0 Å². The average Bonchev–Trinajstić information content (AvgIpc) is 2.49. The van der Waals surface area contributed by atoms with Gasteiger partial charge in [-0.15, -0.1) is 0 Å². The largest absolute Gasteiger partial charge is 0.354 e. The van der Waals surface area contributed by atoms with Crippen molar-refractivity contribution in [3.8, 4) is 11.3 Å². The Hall–Kier alpha value is -2.43. The normalized spacial score (nSPS) is 10.7. The summed E-state index contributed by atoms with van der Waals surface area (Å²) in [5.41, 5.74) is 1.57. The highest BCUT2D eigenvalue weighted by Gasteiger charge is 2.06. The highest BCUT2D eigenvalue weighted by Crippen LogP contribution is 2.14. The van der Waals surface area contributed by atoms with Crippen molar-refractivity contribution < 1.29 is 4.79 Å². The van der Waals surface area contributed by atoms with Gasteiger partial charge < -0.3 is 5.32 Å². The predicted molar refractivity (Wildman–Crippen MR) is 86.4 cm³/mol. The van der Waals surface area contributed by atoms with Crippen LogP contribution < -0.4 is 10.9 Å². The molecule has 0 aliphatic rings. The second-order valence-electron chi connectivity index (χ2n) is 5.47. The van der Waals surface area contributed by atoms with E-state index >= 15 is 0 Å². The standard InChI is InChI=1S/C17H21N3O2/c1-13(2)18-16(21)9-6-12-20-17(22)11-10-15(19-20)14-7-4-3-5-8-14/h3-5,7-8,10-11,13H,6,9,12H2,1-2H3,(H,18,21). The number of rotatable bonds is 6. The van der Waals surface area contributed by atoms with Gasteiger partial charge in [-0.05, 0) is 26.3 Å². The van der Waals surface area contributed by atoms with Crippen LogP contribution in [-0.2, 0) is 11.3 Å². The molecule has 0 bridgehead atoms. The number of aromatic nitrogens is 2. The van der Waals surface area contributed by atoms with Crippen LogP contribution in [0.5, 0.6) is 0 Å². The van der Waals surface area contributed by atoms with Gasteiger partial charge in [-0.1, -0.05) is 30.3 Å². The summed E-state index contributed by atoms with van der Waals surface area (Å²) in [4.78, 5) is 23.5. The van der Waals surface area contributed by atoms with E-state index < -0.39 is 0 Å². The lowest BCUT2D eigenvalue weighted by molar-refractivity contribution is -0.121. The van der Waals surface area contributed by atoms with E-state index in [0.717, 1.165) is 11.3 Å². The molecule has 1 aromatic heterocycles. The van der Waals surface area contributed by atoms with Crippen molar-refractivity contribution in [1.29, 1.82) is 0 Å². The van der Waals surface area contributed by atoms with Crippen molar-refractivity contribution in [3.05, 3.63) is 52.8 Å². The van der Waals surface area contributed by atoms with Crippen molar-refractivity contribution in [2.45, 2.75) is 39.3 Å². The second kappa shape index (κ2) is 7.54. The minimum atomic E-state index is -0.149. The number of aryl methyl sites for hydroxylation is 1. The molecule has 5 nitrogen and oxygen atoms in total. The van der Waals surface area contributed by atoms with Crippen molar-refractivity contribution in [2.24, 2.45) is 0 Å². The molecule has 5 heteroatoms. The summed E-state index contributed by atoms with van der Waals surface area (Å²) in [5.74, 6) is 0.00210. The molecule has 0 spiro atoms. The van der Waals surface area contributed by atoms with Crippen LogP contribution in [0.2, 0.25) is 0 Å². The third kappa shape index (κ3) is 4.55. The Morgan fingerprint density at radius 1 is 1.18 bits per heavy atom. The monoisotopic (exact) mass is 299 g/mol. The molecule has 0 saturated carbocycles. The van der Waals surface area contributed by atoms with Gasteiger partial charge in [0.05, 0.1) is 5.69 Å². The number of amides is 1. The van der Waals surface area contributed by atoms with Crippen molar-refractivity contribution >= 4 is 5.91 Å². The lowest BCUT2D eigenvalue weighted by atomic mass is 10.1. The summed E-state index contributed by atoms with van der Waals surface area (Å²) in [5, 5.41) is 7.21. The Kier molecular flexibility index (Phi) is 5.47. The Bertz CT molecular complexity index is 678. The lowest BCUT2D eigenvalue weighted by Crippen LogP contribution is -2.30. The SMILES string of the molecule is CC(C)NC(=O)CCCn1nc(-c2ccccc2)ccc1=O. The van der Waals surface area contributed by atoms with Gasteiger partial charge in [-0.3, -0.25) is 9.59 Å². The van der Waals surface area contributed by atoms with Gasteiger partial charge in [0, 0.05) is 30.6 Å². The first-order valence-corrected chi connectivity index (χ1v) is 7.49. The minimum absolute atomic E-state index is 0.00210. The van der Waals surface area contributed by atoms with E-state index in [9.17, 15) is 9.59 Å². The molecule has 0 radical (unpaired) electrons. The predicted octanol–water partition coefficient (Wildman–Crippen LogP) is 2.22. The molecular weight excluding hydrogens is 278 g/mol. The quantitative estimate of drug-likeness (QED) is 0.889. The Morgan fingerprint density at radius 3 is 2.59 bits per heavy atom. The number of carbonyl (C=O) groups is 1. The number of nitrogens with one attached hydrogen (secondary N) is 1. The molecule has 0 unspecified atom stereocenters. The van der Waals surface area contributed by atoms with Crippen molar-refractivity contribution in [1.82, 2.24) is 15.1 Å². The van der Waals surface area contributed by atoms with Gasteiger partial charge in [-0.25, -0.2) is 4.68 Å². The van der Waals surface area contributed by atoms with Crippen LogP contribution in [0.1, 0.15) is 26.7 Å². The molecule has 1 amide bonds. The second-order valence-corrected chi connectivity index (χ2v) is 5.47. The summed E-state index contributed by atoms with van der Waals surface area (Å²) >= 11 is 0. The molecule has 0 atom stereocenters. The van der Waals surface area contributed by atoms with Crippen LogP contribution in [0.25, 0.3) is 11.3 Å². The maximum atomic E-state index is 11.9. The summed E-state index contributed by atoms with van der Waals surface area (Å²) < 4.78 is 1.42. The lowest BCUT2D eigenvalue weighted by Gasteiger charge is -2.09. The first kappa shape index (κ1) is 15.9. The summed E-state index contributed by atoms with van der Waals surface area (Å²) in [6, 6.07) is 13.1. The molecule has 116 valence electrons. The number of carbonyl (C=O) groups excluding carboxylic acids is 1. The van der Waals surface area contributed by atoms with E-state index in [1.165, 1.54) is 10.7 Å². The molecule has 22 heavy (non-hydrogen) atoms. The zero-order valence-electron chi connectivity index (χ0n) is 13.0. The zero-order chi connectivity index (χ0) is 15.9. The molecule has 1 N–H and O–H groups in total. The Morgan fingerprint density at radius 2 is 1.91 bits per heavy atom. The van der Waals surface area contributed by atoms with E-state index in [0.29, 0.717) is 19.4 Å². The van der Waals surface area contributed by atoms with Gasteiger partial charge in [0.2, 0.25) is 5.91 Å². The first-order valence-electron chi connectivity index (χ1n) is 7.49. The molecule has 1 heterocycles. The molecular formula is C17H21N3O2. The zero-order valence-corrected chi connectivity index (χ0v) is 13.0. The highest BCUT2D eigenvalue weighted by atomic mass is 16.1. The third-order valence-corrected chi connectivity index (χ3v) is 3.16.